The molecule has 6 atom stereocenters. The minimum absolute atomic E-state index is 0. The van der Waals surface area contributed by atoms with E-state index in [-0.39, 0.29) is 104 Å². The number of Topliss-reactive ketones (excluding diaryl/α,β-unsaturated/α-hetero) is 1. The second-order valence-corrected chi connectivity index (χ2v) is 15.5. The first-order chi connectivity index (χ1) is 23.4. The molecule has 4 aliphatic rings. The van der Waals surface area contributed by atoms with Crippen molar-refractivity contribution in [1.29, 1.82) is 0 Å². The summed E-state index contributed by atoms with van der Waals surface area (Å²) < 4.78 is 0. The van der Waals surface area contributed by atoms with Crippen LogP contribution in [0, 0.1) is 23.2 Å². The quantitative estimate of drug-likeness (QED) is 0.214. The van der Waals surface area contributed by atoms with Gasteiger partial charge in [-0.25, -0.2) is 4.98 Å². The smallest absolute Gasteiger partial charge is 0.289 e. The summed E-state index contributed by atoms with van der Waals surface area (Å²) in [6, 6.07) is -3.68. The topological polar surface area (TPSA) is 180 Å². The van der Waals surface area contributed by atoms with Gasteiger partial charge in [-0.15, -0.1) is 0 Å². The fourth-order valence-electron chi connectivity index (χ4n) is 7.87. The molecule has 0 radical (unpaired) electrons. The summed E-state index contributed by atoms with van der Waals surface area (Å²) in [5.74, 6) is -3.20. The SMILES string of the molecule is C.C.CCC[C@H](NC(=O)[C@H]1[C@H]2CCC[C@H]2CN1C(=O)[C@@H](NC(=O)[C@@H](NC(=O)c1cnccn1)C1CCCCC1)C(C)(C)C)C(=O)C(=O)NC1CC1.S.S.S.S. The van der Waals surface area contributed by atoms with Gasteiger partial charge in [-0.2, -0.15) is 54.0 Å². The third-order valence-electron chi connectivity index (χ3n) is 10.7. The van der Waals surface area contributed by atoms with Crippen LogP contribution in [0.25, 0.3) is 0 Å². The molecule has 17 heteroatoms. The van der Waals surface area contributed by atoms with Gasteiger partial charge in [-0.3, -0.25) is 33.8 Å². The fourth-order valence-corrected chi connectivity index (χ4v) is 7.87. The number of fused-ring (bicyclic) bond motifs is 1. The molecule has 316 valence electrons. The van der Waals surface area contributed by atoms with Crippen molar-refractivity contribution in [2.75, 3.05) is 6.54 Å². The molecular weight excluding hydrogens is 779 g/mol. The van der Waals surface area contributed by atoms with Gasteiger partial charge in [0.2, 0.25) is 23.5 Å². The van der Waals surface area contributed by atoms with E-state index in [2.05, 4.69) is 31.2 Å². The number of hydrogen-bond acceptors (Lipinski definition) is 8. The van der Waals surface area contributed by atoms with E-state index in [1.165, 1.54) is 18.6 Å². The Morgan fingerprint density at radius 3 is 2.05 bits per heavy atom. The zero-order chi connectivity index (χ0) is 35.3. The number of likely N-dealkylation sites (tertiary alicyclic amines) is 1. The van der Waals surface area contributed by atoms with E-state index in [0.29, 0.717) is 19.4 Å². The summed E-state index contributed by atoms with van der Waals surface area (Å²) in [6.45, 7) is 7.85. The highest BCUT2D eigenvalue weighted by molar-refractivity contribution is 7.59. The van der Waals surface area contributed by atoms with Crippen LogP contribution >= 0.6 is 54.0 Å². The largest absolute Gasteiger partial charge is 0.347 e. The molecule has 1 saturated heterocycles. The second kappa shape index (κ2) is 24.3. The Hall–Kier alpha value is -2.50. The van der Waals surface area contributed by atoms with Gasteiger partial charge in [0, 0.05) is 25.0 Å². The molecule has 0 aromatic carbocycles. The van der Waals surface area contributed by atoms with Crippen LogP contribution in [-0.4, -0.2) is 86.9 Å². The molecule has 0 spiro atoms. The lowest BCUT2D eigenvalue weighted by Gasteiger charge is -2.38. The van der Waals surface area contributed by atoms with E-state index >= 15 is 0 Å². The van der Waals surface area contributed by atoms with Gasteiger partial charge in [0.05, 0.1) is 12.2 Å². The van der Waals surface area contributed by atoms with E-state index in [1.807, 2.05) is 27.7 Å². The van der Waals surface area contributed by atoms with Crippen LogP contribution in [0.5, 0.6) is 0 Å². The third kappa shape index (κ3) is 13.8. The minimum Gasteiger partial charge on any atom is -0.347 e. The van der Waals surface area contributed by atoms with Gasteiger partial charge >= 0.3 is 0 Å². The van der Waals surface area contributed by atoms with E-state index < -0.39 is 59.0 Å². The van der Waals surface area contributed by atoms with Crippen molar-refractivity contribution in [2.45, 2.75) is 150 Å². The predicted molar refractivity (Wildman–Crippen MR) is 236 cm³/mol. The van der Waals surface area contributed by atoms with Crippen molar-refractivity contribution < 1.29 is 28.8 Å². The van der Waals surface area contributed by atoms with Crippen molar-refractivity contribution in [3.8, 4) is 0 Å². The molecule has 5 amide bonds. The molecule has 3 saturated carbocycles. The molecule has 3 aliphatic carbocycles. The second-order valence-electron chi connectivity index (χ2n) is 15.5. The van der Waals surface area contributed by atoms with Crippen LogP contribution in [0.3, 0.4) is 0 Å². The zero-order valence-corrected chi connectivity index (χ0v) is 35.3. The van der Waals surface area contributed by atoms with Crippen LogP contribution < -0.4 is 21.3 Å². The fraction of sp³-hybridized carbons (Fsp3) is 0.737. The summed E-state index contributed by atoms with van der Waals surface area (Å²) in [5, 5.41) is 11.5. The molecule has 55 heavy (non-hydrogen) atoms. The molecule has 1 aliphatic heterocycles. The Balaban J connectivity index is 0. The van der Waals surface area contributed by atoms with Crippen LogP contribution in [0.2, 0.25) is 0 Å². The number of amides is 5. The summed E-state index contributed by atoms with van der Waals surface area (Å²) in [4.78, 5) is 91.4. The lowest BCUT2D eigenvalue weighted by atomic mass is 9.82. The van der Waals surface area contributed by atoms with Crippen molar-refractivity contribution in [3.63, 3.8) is 0 Å². The monoisotopic (exact) mass is 847 g/mol. The highest BCUT2D eigenvalue weighted by Crippen LogP contribution is 2.43. The molecule has 5 rings (SSSR count). The first kappa shape index (κ1) is 54.6. The van der Waals surface area contributed by atoms with E-state index in [9.17, 15) is 28.8 Å². The number of nitrogens with one attached hydrogen (secondary N) is 4. The molecule has 1 aromatic heterocycles. The molecule has 2 heterocycles. The normalized spacial score (nSPS) is 21.6. The number of aromatic nitrogens is 2. The predicted octanol–water partition coefficient (Wildman–Crippen LogP) is 4.17. The number of hydrogen-bond donors (Lipinski definition) is 4. The van der Waals surface area contributed by atoms with Crippen molar-refractivity contribution in [2.24, 2.45) is 23.2 Å². The van der Waals surface area contributed by atoms with E-state index in [1.54, 1.807) is 4.90 Å². The summed E-state index contributed by atoms with van der Waals surface area (Å²) >= 11 is 0. The van der Waals surface area contributed by atoms with E-state index in [4.69, 9.17) is 0 Å². The Bertz CT molecular complexity index is 1410. The number of ketones is 1. The zero-order valence-electron chi connectivity index (χ0n) is 31.3. The van der Waals surface area contributed by atoms with Crippen molar-refractivity contribution in [1.82, 2.24) is 36.1 Å². The van der Waals surface area contributed by atoms with Crippen LogP contribution in [0.4, 0.5) is 0 Å². The molecule has 4 N–H and O–H groups in total. The summed E-state index contributed by atoms with van der Waals surface area (Å²) in [6.07, 6.45) is 13.9. The maximum absolute atomic E-state index is 14.6. The average molecular weight is 848 g/mol. The Morgan fingerprint density at radius 2 is 1.49 bits per heavy atom. The maximum Gasteiger partial charge on any atom is 0.289 e. The maximum atomic E-state index is 14.6. The summed E-state index contributed by atoms with van der Waals surface area (Å²) in [7, 11) is 0. The number of carbonyl (C=O) groups excluding carboxylic acids is 6. The molecule has 13 nitrogen and oxygen atoms in total. The average Bonchev–Trinajstić information content (AvgIpc) is 3.65. The van der Waals surface area contributed by atoms with Crippen molar-refractivity contribution in [3.05, 3.63) is 24.3 Å². The van der Waals surface area contributed by atoms with Crippen molar-refractivity contribution >= 4 is 89.3 Å². The van der Waals surface area contributed by atoms with Gasteiger partial charge in [-0.1, -0.05) is 74.7 Å². The summed E-state index contributed by atoms with van der Waals surface area (Å²) in [5.41, 5.74) is -0.638. The van der Waals surface area contributed by atoms with E-state index in [0.717, 1.165) is 64.2 Å². The van der Waals surface area contributed by atoms with Gasteiger partial charge in [0.1, 0.15) is 23.8 Å². The molecule has 4 fully saturated rings. The number of rotatable bonds is 13. The Labute approximate surface area is 356 Å². The minimum atomic E-state index is -0.994. The van der Waals surface area contributed by atoms with Crippen LogP contribution in [0.1, 0.15) is 130 Å². The first-order valence-corrected chi connectivity index (χ1v) is 18.2. The third-order valence-corrected chi connectivity index (χ3v) is 10.7. The Morgan fingerprint density at radius 1 is 0.836 bits per heavy atom. The lowest BCUT2D eigenvalue weighted by molar-refractivity contribution is -0.146. The number of carbonyl (C=O) groups is 6. The van der Waals surface area contributed by atoms with Gasteiger partial charge in [-0.05, 0) is 68.1 Å². The Kier molecular flexibility index (Phi) is 24.1. The highest BCUT2D eigenvalue weighted by Gasteiger charge is 2.52. The van der Waals surface area contributed by atoms with Crippen LogP contribution in [-0.2, 0) is 24.0 Å². The van der Waals surface area contributed by atoms with Gasteiger partial charge < -0.3 is 26.2 Å². The molecular formula is C38H69N7O6S4. The molecule has 1 aromatic rings. The lowest BCUT2D eigenvalue weighted by Crippen LogP contribution is -2.62. The van der Waals surface area contributed by atoms with Gasteiger partial charge in [0.15, 0.2) is 0 Å². The molecule has 0 unspecified atom stereocenters. The number of nitrogens with zero attached hydrogens (tertiary/aromatic N) is 3. The highest BCUT2D eigenvalue weighted by atomic mass is 32.1. The molecule has 0 bridgehead atoms. The standard InChI is InChI=1S/C36H53N7O6.2CH4.4H2S/c1-5-10-25(29(44)34(48)39-23-15-16-23)40-33(47)28-24-14-9-13-22(24)20-43(28)35(49)30(36(2,3)4)42-32(46)27(21-11-7-6-8-12-21)41-31(45)26-19-37-17-18-38-26;;;;;;/h17-19,21-25,27-28,30H,5-16,20H2,1-4H3,(H,39,48)(H,40,47)(H,41,45)(H,42,46);2*1H4;4*1H2/t22-,24-,25-,27-,28+,30+;;;;;;/m0....../s1. The first-order valence-electron chi connectivity index (χ1n) is 18.2. The van der Waals surface area contributed by atoms with Crippen LogP contribution in [0.15, 0.2) is 18.6 Å². The van der Waals surface area contributed by atoms with Gasteiger partial charge in [0.25, 0.3) is 11.8 Å².